The molecule has 0 unspecified atom stereocenters. The average molecular weight is 650 g/mol. The lowest BCUT2D eigenvalue weighted by Gasteiger charge is -2.34. The normalized spacial score (nSPS) is 12.0. The van der Waals surface area contributed by atoms with Gasteiger partial charge in [-0.25, -0.2) is 12.8 Å². The van der Waals surface area contributed by atoms with E-state index in [1.807, 2.05) is 44.2 Å². The fourth-order valence-electron chi connectivity index (χ4n) is 4.75. The Morgan fingerprint density at radius 1 is 0.867 bits per heavy atom. The predicted octanol–water partition coefficient (Wildman–Crippen LogP) is 6.40. The molecule has 45 heavy (non-hydrogen) atoms. The van der Waals surface area contributed by atoms with Crippen molar-refractivity contribution in [3.63, 3.8) is 0 Å². The van der Waals surface area contributed by atoms with E-state index in [4.69, 9.17) is 11.6 Å². The number of amides is 2. The quantitative estimate of drug-likeness (QED) is 0.182. The third-order valence-electron chi connectivity index (χ3n) is 7.28. The number of rotatable bonds is 13. The average Bonchev–Trinajstić information content (AvgIpc) is 3.03. The summed E-state index contributed by atoms with van der Waals surface area (Å²) in [5.74, 6) is -1.27. The second-order valence-corrected chi connectivity index (χ2v) is 13.5. The van der Waals surface area contributed by atoms with Crippen LogP contribution in [-0.4, -0.2) is 44.3 Å². The Bertz CT molecular complexity index is 1700. The third-order valence-corrected chi connectivity index (χ3v) is 9.47. The van der Waals surface area contributed by atoms with Crippen molar-refractivity contribution in [2.24, 2.45) is 5.92 Å². The Morgan fingerprint density at radius 2 is 1.49 bits per heavy atom. The molecule has 0 spiro atoms. The van der Waals surface area contributed by atoms with E-state index in [0.717, 1.165) is 15.4 Å². The number of anilines is 1. The SMILES string of the molecule is Cc1ccc(N(CC(=O)N(Cc2ccc(F)cc2)[C@@H](Cc2ccccc2)C(=O)NCC(C)C)S(=O)(=O)c2ccccc2)cc1Cl. The number of nitrogens with one attached hydrogen (secondary N) is 1. The van der Waals surface area contributed by atoms with Crippen molar-refractivity contribution in [1.29, 1.82) is 0 Å². The van der Waals surface area contributed by atoms with Gasteiger partial charge in [0.2, 0.25) is 11.8 Å². The summed E-state index contributed by atoms with van der Waals surface area (Å²) in [6.45, 7) is 5.45. The number of carbonyl (C=O) groups excluding carboxylic acids is 2. The Kier molecular flexibility index (Phi) is 11.4. The summed E-state index contributed by atoms with van der Waals surface area (Å²) in [5.41, 5.74) is 2.34. The zero-order chi connectivity index (χ0) is 32.6. The van der Waals surface area contributed by atoms with Crippen molar-refractivity contribution < 1.29 is 22.4 Å². The number of aryl methyl sites for hydroxylation is 1. The lowest BCUT2D eigenvalue weighted by molar-refractivity contribution is -0.140. The Labute approximate surface area is 269 Å². The molecule has 0 saturated carbocycles. The molecule has 1 atom stereocenters. The molecule has 0 saturated heterocycles. The van der Waals surface area contributed by atoms with Gasteiger partial charge in [-0.3, -0.25) is 13.9 Å². The van der Waals surface area contributed by atoms with Crippen molar-refractivity contribution in [2.75, 3.05) is 17.4 Å². The zero-order valence-corrected chi connectivity index (χ0v) is 27.1. The van der Waals surface area contributed by atoms with Crippen LogP contribution in [0.3, 0.4) is 0 Å². The minimum atomic E-state index is -4.24. The molecule has 0 fully saturated rings. The standard InChI is InChI=1S/C35H37ClFN3O4S/c1-25(2)22-38-35(42)33(20-27-10-6-4-7-11-27)39(23-28-15-17-29(37)18-16-28)34(41)24-40(30-19-14-26(3)32(36)21-30)45(43,44)31-12-8-5-9-13-31/h4-19,21,25,33H,20,22-24H2,1-3H3,(H,38,42)/t33-/m0/s1. The van der Waals surface area contributed by atoms with Gasteiger partial charge in [-0.15, -0.1) is 0 Å². The summed E-state index contributed by atoms with van der Waals surface area (Å²) in [6, 6.07) is 26.5. The molecule has 10 heteroatoms. The van der Waals surface area contributed by atoms with Crippen molar-refractivity contribution in [1.82, 2.24) is 10.2 Å². The molecule has 236 valence electrons. The van der Waals surface area contributed by atoms with Gasteiger partial charge in [0.1, 0.15) is 18.4 Å². The second-order valence-electron chi connectivity index (χ2n) is 11.3. The molecule has 0 heterocycles. The highest BCUT2D eigenvalue weighted by Crippen LogP contribution is 2.29. The monoisotopic (exact) mass is 649 g/mol. The molecule has 7 nitrogen and oxygen atoms in total. The highest BCUT2D eigenvalue weighted by molar-refractivity contribution is 7.92. The van der Waals surface area contributed by atoms with Gasteiger partial charge in [-0.05, 0) is 65.9 Å². The molecule has 1 N–H and O–H groups in total. The maximum Gasteiger partial charge on any atom is 0.264 e. The third kappa shape index (κ3) is 8.93. The number of nitrogens with zero attached hydrogens (tertiary/aromatic N) is 2. The molecule has 0 bridgehead atoms. The number of carbonyl (C=O) groups is 2. The smallest absolute Gasteiger partial charge is 0.264 e. The fourth-order valence-corrected chi connectivity index (χ4v) is 6.35. The van der Waals surface area contributed by atoms with Gasteiger partial charge in [-0.1, -0.05) is 92.2 Å². The fraction of sp³-hybridized carbons (Fsp3) is 0.257. The molecule has 2 amide bonds. The van der Waals surface area contributed by atoms with E-state index in [-0.39, 0.29) is 35.4 Å². The minimum absolute atomic E-state index is 0.00454. The molecule has 0 aliphatic rings. The topological polar surface area (TPSA) is 86.8 Å². The predicted molar refractivity (Wildman–Crippen MR) is 176 cm³/mol. The number of benzene rings is 4. The van der Waals surface area contributed by atoms with E-state index in [1.54, 1.807) is 49.4 Å². The van der Waals surface area contributed by atoms with Gasteiger partial charge in [-0.2, -0.15) is 0 Å². The molecule has 4 rings (SSSR count). The van der Waals surface area contributed by atoms with Crippen LogP contribution in [0.4, 0.5) is 10.1 Å². The lowest BCUT2D eigenvalue weighted by atomic mass is 10.0. The first-order valence-corrected chi connectivity index (χ1v) is 16.5. The summed E-state index contributed by atoms with van der Waals surface area (Å²) >= 11 is 6.42. The van der Waals surface area contributed by atoms with E-state index in [2.05, 4.69) is 5.32 Å². The van der Waals surface area contributed by atoms with Crippen LogP contribution in [0, 0.1) is 18.7 Å². The van der Waals surface area contributed by atoms with Gasteiger partial charge in [0, 0.05) is 24.5 Å². The molecule has 4 aromatic carbocycles. The maximum atomic E-state index is 14.4. The Balaban J connectivity index is 1.80. The number of hydrogen-bond acceptors (Lipinski definition) is 4. The summed E-state index contributed by atoms with van der Waals surface area (Å²) < 4.78 is 42.9. The first kappa shape index (κ1) is 33.7. The summed E-state index contributed by atoms with van der Waals surface area (Å²) in [5, 5.41) is 3.28. The van der Waals surface area contributed by atoms with E-state index in [0.29, 0.717) is 17.1 Å². The van der Waals surface area contributed by atoms with E-state index in [9.17, 15) is 22.4 Å². The van der Waals surface area contributed by atoms with Crippen molar-refractivity contribution >= 4 is 39.1 Å². The van der Waals surface area contributed by atoms with Gasteiger partial charge in [0.15, 0.2) is 0 Å². The molecule has 4 aromatic rings. The van der Waals surface area contributed by atoms with Crippen LogP contribution in [0.25, 0.3) is 0 Å². The zero-order valence-electron chi connectivity index (χ0n) is 25.5. The first-order valence-electron chi connectivity index (χ1n) is 14.6. The van der Waals surface area contributed by atoms with Crippen LogP contribution in [0.5, 0.6) is 0 Å². The van der Waals surface area contributed by atoms with Crippen LogP contribution >= 0.6 is 11.6 Å². The molecule has 0 aliphatic heterocycles. The van der Waals surface area contributed by atoms with E-state index in [1.165, 1.54) is 35.2 Å². The number of hydrogen-bond donors (Lipinski definition) is 1. The maximum absolute atomic E-state index is 14.4. The molecular formula is C35H37ClFN3O4S. The Morgan fingerprint density at radius 3 is 2.09 bits per heavy atom. The summed E-state index contributed by atoms with van der Waals surface area (Å²) in [4.78, 5) is 29.6. The lowest BCUT2D eigenvalue weighted by Crippen LogP contribution is -2.53. The van der Waals surface area contributed by atoms with E-state index < -0.39 is 34.3 Å². The first-order chi connectivity index (χ1) is 21.5. The van der Waals surface area contributed by atoms with E-state index >= 15 is 0 Å². The molecule has 0 aromatic heterocycles. The van der Waals surface area contributed by atoms with Gasteiger partial charge in [0.05, 0.1) is 10.6 Å². The van der Waals surface area contributed by atoms with Gasteiger partial charge < -0.3 is 10.2 Å². The minimum Gasteiger partial charge on any atom is -0.354 e. The number of halogens is 2. The highest BCUT2D eigenvalue weighted by Gasteiger charge is 2.34. The molecule has 0 aliphatic carbocycles. The van der Waals surface area contributed by atoms with Crippen molar-refractivity contribution in [2.45, 2.75) is 44.7 Å². The van der Waals surface area contributed by atoms with Gasteiger partial charge >= 0.3 is 0 Å². The molecular weight excluding hydrogens is 613 g/mol. The Hall–Kier alpha value is -4.21. The second kappa shape index (κ2) is 15.2. The van der Waals surface area contributed by atoms with Crippen LogP contribution in [0.2, 0.25) is 5.02 Å². The van der Waals surface area contributed by atoms with Crippen LogP contribution in [-0.2, 0) is 32.6 Å². The van der Waals surface area contributed by atoms with Crippen LogP contribution in [0.1, 0.15) is 30.5 Å². The highest BCUT2D eigenvalue weighted by atomic mass is 35.5. The van der Waals surface area contributed by atoms with Crippen molar-refractivity contribution in [3.8, 4) is 0 Å². The van der Waals surface area contributed by atoms with Crippen LogP contribution in [0.15, 0.2) is 108 Å². The number of sulfonamides is 1. The largest absolute Gasteiger partial charge is 0.354 e. The van der Waals surface area contributed by atoms with Crippen molar-refractivity contribution in [3.05, 3.63) is 131 Å². The van der Waals surface area contributed by atoms with Gasteiger partial charge in [0.25, 0.3) is 10.0 Å². The summed E-state index contributed by atoms with van der Waals surface area (Å²) in [6.07, 6.45) is 0.180. The van der Waals surface area contributed by atoms with Crippen LogP contribution < -0.4 is 9.62 Å². The summed E-state index contributed by atoms with van der Waals surface area (Å²) in [7, 11) is -4.24. The molecule has 0 radical (unpaired) electrons.